The van der Waals surface area contributed by atoms with Gasteiger partial charge in [0.05, 0.1) is 17.4 Å². The zero-order valence-electron chi connectivity index (χ0n) is 16.7. The van der Waals surface area contributed by atoms with Gasteiger partial charge >= 0.3 is 5.97 Å². The number of carbonyl (C=O) groups is 3. The van der Waals surface area contributed by atoms with E-state index in [0.717, 1.165) is 19.3 Å². The number of thioether (sulfide) groups is 1. The van der Waals surface area contributed by atoms with Crippen LogP contribution < -0.4 is 0 Å². The Morgan fingerprint density at radius 2 is 1.83 bits per heavy atom. The first kappa shape index (κ1) is 21.1. The lowest BCUT2D eigenvalue weighted by Crippen LogP contribution is -2.36. The summed E-state index contributed by atoms with van der Waals surface area (Å²) in [5.74, 6) is -0.466. The Bertz CT molecular complexity index is 911. The van der Waals surface area contributed by atoms with E-state index in [1.165, 1.54) is 29.8 Å². The molecule has 0 bridgehead atoms. The monoisotopic (exact) mass is 411 g/mol. The number of fused-ring (bicyclic) bond motifs is 1. The van der Waals surface area contributed by atoms with E-state index in [-0.39, 0.29) is 30.1 Å². The first-order valence-corrected chi connectivity index (χ1v) is 10.7. The molecule has 0 saturated carbocycles. The number of hydrogen-bond donors (Lipinski definition) is 0. The fourth-order valence-corrected chi connectivity index (χ4v) is 4.39. The van der Waals surface area contributed by atoms with Gasteiger partial charge < -0.3 is 9.64 Å². The van der Waals surface area contributed by atoms with Gasteiger partial charge in [0, 0.05) is 11.9 Å². The summed E-state index contributed by atoms with van der Waals surface area (Å²) in [5.41, 5.74) is 2.82. The molecule has 0 unspecified atom stereocenters. The average molecular weight is 412 g/mol. The van der Waals surface area contributed by atoms with Gasteiger partial charge in [-0.1, -0.05) is 36.4 Å². The molecule has 1 aliphatic carbocycles. The number of hydrogen-bond acceptors (Lipinski definition) is 5. The van der Waals surface area contributed by atoms with Crippen LogP contribution in [0.4, 0.5) is 0 Å². The standard InChI is InChI=1S/C23H25NO4S/c1-16(25)15-29-21-13-6-5-11-19(21)23(27)28-14-22(26)24(2)20-12-7-9-17-8-3-4-10-18(17)20/h3-6,8,10-11,13,20H,7,9,12,14-15H2,1-2H3/t20-/m1/s1. The van der Waals surface area contributed by atoms with E-state index in [2.05, 4.69) is 12.1 Å². The second kappa shape index (κ2) is 9.74. The zero-order valence-corrected chi connectivity index (χ0v) is 17.5. The van der Waals surface area contributed by atoms with Crippen molar-refractivity contribution < 1.29 is 19.1 Å². The highest BCUT2D eigenvalue weighted by Gasteiger charge is 2.27. The molecule has 0 fully saturated rings. The molecule has 0 saturated heterocycles. The van der Waals surface area contributed by atoms with Gasteiger partial charge in [-0.25, -0.2) is 4.79 Å². The predicted molar refractivity (Wildman–Crippen MR) is 113 cm³/mol. The molecular formula is C23H25NO4S. The molecule has 5 nitrogen and oxygen atoms in total. The lowest BCUT2D eigenvalue weighted by Gasteiger charge is -2.33. The molecule has 2 aromatic rings. The molecule has 1 aliphatic rings. The van der Waals surface area contributed by atoms with Gasteiger partial charge in [0.1, 0.15) is 5.78 Å². The molecule has 0 heterocycles. The Labute approximate surface area is 175 Å². The van der Waals surface area contributed by atoms with Crippen molar-refractivity contribution in [3.8, 4) is 0 Å². The summed E-state index contributed by atoms with van der Waals surface area (Å²) >= 11 is 1.29. The Kier molecular flexibility index (Phi) is 7.09. The van der Waals surface area contributed by atoms with Crippen LogP contribution in [0.3, 0.4) is 0 Å². The molecule has 152 valence electrons. The van der Waals surface area contributed by atoms with Crippen LogP contribution in [-0.4, -0.2) is 42.0 Å². The maximum atomic E-state index is 12.7. The highest BCUT2D eigenvalue weighted by molar-refractivity contribution is 8.00. The van der Waals surface area contributed by atoms with E-state index in [9.17, 15) is 14.4 Å². The number of carbonyl (C=O) groups excluding carboxylic acids is 3. The molecule has 0 N–H and O–H groups in total. The number of ketones is 1. The van der Waals surface area contributed by atoms with Crippen molar-refractivity contribution in [2.24, 2.45) is 0 Å². The summed E-state index contributed by atoms with van der Waals surface area (Å²) in [4.78, 5) is 38.8. The highest BCUT2D eigenvalue weighted by atomic mass is 32.2. The van der Waals surface area contributed by atoms with Gasteiger partial charge in [0.2, 0.25) is 0 Å². The maximum absolute atomic E-state index is 12.7. The number of esters is 1. The number of Topliss-reactive ketones (excluding diaryl/α,β-unsaturated/α-hetero) is 1. The molecule has 0 aromatic heterocycles. The van der Waals surface area contributed by atoms with E-state index >= 15 is 0 Å². The number of benzene rings is 2. The summed E-state index contributed by atoms with van der Waals surface area (Å²) < 4.78 is 5.31. The molecule has 0 spiro atoms. The summed E-state index contributed by atoms with van der Waals surface area (Å²) in [6.45, 7) is 1.20. The molecule has 6 heteroatoms. The van der Waals surface area contributed by atoms with Crippen molar-refractivity contribution in [2.45, 2.75) is 37.1 Å². The first-order valence-electron chi connectivity index (χ1n) is 9.69. The van der Waals surface area contributed by atoms with Crippen molar-refractivity contribution >= 4 is 29.4 Å². The number of amides is 1. The summed E-state index contributed by atoms with van der Waals surface area (Å²) in [6.07, 6.45) is 2.95. The normalized spacial score (nSPS) is 15.3. The Morgan fingerprint density at radius 1 is 1.10 bits per heavy atom. The molecular weight excluding hydrogens is 386 g/mol. The third kappa shape index (κ3) is 5.26. The lowest BCUT2D eigenvalue weighted by atomic mass is 9.87. The van der Waals surface area contributed by atoms with Gasteiger partial charge in [-0.3, -0.25) is 9.59 Å². The van der Waals surface area contributed by atoms with Crippen molar-refractivity contribution in [3.05, 3.63) is 65.2 Å². The van der Waals surface area contributed by atoms with E-state index < -0.39 is 5.97 Å². The number of aryl methyl sites for hydroxylation is 1. The number of likely N-dealkylation sites (N-methyl/N-ethyl adjacent to an activating group) is 1. The number of ether oxygens (including phenoxy) is 1. The molecule has 29 heavy (non-hydrogen) atoms. The van der Waals surface area contributed by atoms with E-state index in [0.29, 0.717) is 10.5 Å². The minimum atomic E-state index is -0.553. The van der Waals surface area contributed by atoms with Crippen LogP contribution in [0.15, 0.2) is 53.4 Å². The van der Waals surface area contributed by atoms with Gasteiger partial charge in [0.25, 0.3) is 5.91 Å². The quantitative estimate of drug-likeness (QED) is 0.508. The molecule has 3 rings (SSSR count). The predicted octanol–water partition coefficient (Wildman–Crippen LogP) is 4.06. The third-order valence-electron chi connectivity index (χ3n) is 5.06. The molecule has 2 aromatic carbocycles. The largest absolute Gasteiger partial charge is 0.452 e. The lowest BCUT2D eigenvalue weighted by molar-refractivity contribution is -0.135. The third-order valence-corrected chi connectivity index (χ3v) is 6.28. The van der Waals surface area contributed by atoms with Gasteiger partial charge in [-0.2, -0.15) is 0 Å². The maximum Gasteiger partial charge on any atom is 0.339 e. The molecule has 1 atom stereocenters. The van der Waals surface area contributed by atoms with Crippen LogP contribution in [0, 0.1) is 0 Å². The fraction of sp³-hybridized carbons (Fsp3) is 0.348. The summed E-state index contributed by atoms with van der Waals surface area (Å²) in [6, 6.07) is 15.2. The summed E-state index contributed by atoms with van der Waals surface area (Å²) in [5, 5.41) is 0. The van der Waals surface area contributed by atoms with Crippen molar-refractivity contribution in [3.63, 3.8) is 0 Å². The molecule has 1 amide bonds. The fourth-order valence-electron chi connectivity index (χ4n) is 3.55. The van der Waals surface area contributed by atoms with Gasteiger partial charge in [0.15, 0.2) is 6.61 Å². The van der Waals surface area contributed by atoms with Gasteiger partial charge in [-0.05, 0) is 49.4 Å². The first-order chi connectivity index (χ1) is 14.0. The van der Waals surface area contributed by atoms with Crippen LogP contribution >= 0.6 is 11.8 Å². The van der Waals surface area contributed by atoms with E-state index in [1.54, 1.807) is 36.2 Å². The topological polar surface area (TPSA) is 63.7 Å². The number of nitrogens with zero attached hydrogens (tertiary/aromatic N) is 1. The minimum absolute atomic E-state index is 0.00422. The SMILES string of the molecule is CC(=O)CSc1ccccc1C(=O)OCC(=O)N(C)[C@@H]1CCCc2ccccc21. The smallest absolute Gasteiger partial charge is 0.339 e. The molecule has 0 radical (unpaired) electrons. The Morgan fingerprint density at radius 3 is 2.62 bits per heavy atom. The Hall–Kier alpha value is -2.60. The summed E-state index contributed by atoms with van der Waals surface area (Å²) in [7, 11) is 1.76. The van der Waals surface area contributed by atoms with Crippen LogP contribution in [0.25, 0.3) is 0 Å². The van der Waals surface area contributed by atoms with Crippen LogP contribution in [0.1, 0.15) is 47.3 Å². The number of rotatable bonds is 7. The second-order valence-electron chi connectivity index (χ2n) is 7.17. The Balaban J connectivity index is 1.63. The van der Waals surface area contributed by atoms with Gasteiger partial charge in [-0.15, -0.1) is 11.8 Å². The van der Waals surface area contributed by atoms with E-state index in [1.807, 2.05) is 12.1 Å². The van der Waals surface area contributed by atoms with Crippen LogP contribution in [0.5, 0.6) is 0 Å². The van der Waals surface area contributed by atoms with Crippen molar-refractivity contribution in [2.75, 3.05) is 19.4 Å². The zero-order chi connectivity index (χ0) is 20.8. The van der Waals surface area contributed by atoms with Crippen LogP contribution in [0.2, 0.25) is 0 Å². The molecule has 0 aliphatic heterocycles. The highest BCUT2D eigenvalue weighted by Crippen LogP contribution is 2.33. The van der Waals surface area contributed by atoms with E-state index in [4.69, 9.17) is 4.74 Å². The van der Waals surface area contributed by atoms with Crippen LogP contribution in [-0.2, 0) is 20.7 Å². The average Bonchev–Trinajstić information content (AvgIpc) is 2.75. The second-order valence-corrected chi connectivity index (χ2v) is 8.19. The van der Waals surface area contributed by atoms with Crippen molar-refractivity contribution in [1.29, 1.82) is 0 Å². The minimum Gasteiger partial charge on any atom is -0.452 e. The van der Waals surface area contributed by atoms with Crippen molar-refractivity contribution in [1.82, 2.24) is 4.90 Å².